The topological polar surface area (TPSA) is 60.2 Å². The molecular weight excluding hydrogens is 193 g/mol. The number of anilines is 1. The quantitative estimate of drug-likeness (QED) is 0.735. The van der Waals surface area contributed by atoms with Crippen LogP contribution in [0, 0.1) is 5.82 Å². The predicted octanol–water partition coefficient (Wildman–Crippen LogP) is 1.20. The molecule has 0 spiro atoms. The van der Waals surface area contributed by atoms with Crippen LogP contribution in [0.5, 0.6) is 0 Å². The summed E-state index contributed by atoms with van der Waals surface area (Å²) in [7, 11) is -3.36. The van der Waals surface area contributed by atoms with Crippen LogP contribution in [0.25, 0.3) is 0 Å². The van der Waals surface area contributed by atoms with Crippen molar-refractivity contribution < 1.29 is 12.8 Å². The van der Waals surface area contributed by atoms with Gasteiger partial charge in [-0.3, -0.25) is 0 Å². The molecule has 5 heteroatoms. The second-order valence-electron chi connectivity index (χ2n) is 2.62. The van der Waals surface area contributed by atoms with Crippen LogP contribution >= 0.6 is 0 Å². The zero-order chi connectivity index (χ0) is 10.1. The highest BCUT2D eigenvalue weighted by Crippen LogP contribution is 2.16. The Labute approximate surface area is 76.3 Å². The summed E-state index contributed by atoms with van der Waals surface area (Å²) in [5.41, 5.74) is 5.42. The van der Waals surface area contributed by atoms with Gasteiger partial charge in [-0.1, -0.05) is 6.92 Å². The van der Waals surface area contributed by atoms with Gasteiger partial charge >= 0.3 is 0 Å². The predicted molar refractivity (Wildman–Crippen MR) is 48.5 cm³/mol. The Morgan fingerprint density at radius 3 is 2.46 bits per heavy atom. The number of nitrogens with two attached hydrogens (primary N) is 1. The van der Waals surface area contributed by atoms with Gasteiger partial charge in [0.25, 0.3) is 0 Å². The molecule has 0 aliphatic heterocycles. The van der Waals surface area contributed by atoms with Gasteiger partial charge in [-0.25, -0.2) is 12.8 Å². The van der Waals surface area contributed by atoms with Crippen molar-refractivity contribution in [3.05, 3.63) is 24.0 Å². The maximum atomic E-state index is 12.8. The molecule has 0 heterocycles. The van der Waals surface area contributed by atoms with E-state index in [0.717, 1.165) is 12.1 Å². The zero-order valence-electron chi connectivity index (χ0n) is 7.12. The van der Waals surface area contributed by atoms with Crippen LogP contribution in [0.3, 0.4) is 0 Å². The van der Waals surface area contributed by atoms with Crippen LogP contribution in [0.15, 0.2) is 23.1 Å². The first-order chi connectivity index (χ1) is 5.95. The lowest BCUT2D eigenvalue weighted by molar-refractivity contribution is 0.592. The standard InChI is InChI=1S/C8H10FNO2S/c1-2-13(11,12)8-4-6(9)3-7(10)5-8/h3-5H,2,10H2,1H3. The number of rotatable bonds is 2. The van der Waals surface area contributed by atoms with E-state index in [-0.39, 0.29) is 16.3 Å². The third-order valence-electron chi connectivity index (χ3n) is 1.63. The molecular formula is C8H10FNO2S. The van der Waals surface area contributed by atoms with Gasteiger partial charge in [0.05, 0.1) is 10.6 Å². The summed E-state index contributed by atoms with van der Waals surface area (Å²) in [4.78, 5) is -0.0625. The molecule has 13 heavy (non-hydrogen) atoms. The number of hydrogen-bond acceptors (Lipinski definition) is 3. The molecule has 72 valence electrons. The van der Waals surface area contributed by atoms with Gasteiger partial charge in [0.2, 0.25) is 0 Å². The summed E-state index contributed by atoms with van der Waals surface area (Å²) in [6.45, 7) is 1.50. The molecule has 3 nitrogen and oxygen atoms in total. The second kappa shape index (κ2) is 3.33. The summed E-state index contributed by atoms with van der Waals surface area (Å²) in [6, 6.07) is 3.30. The van der Waals surface area contributed by atoms with Crippen LogP contribution in [-0.4, -0.2) is 14.2 Å². The van der Waals surface area contributed by atoms with Gasteiger partial charge in [0, 0.05) is 5.69 Å². The number of halogens is 1. The fourth-order valence-electron chi connectivity index (χ4n) is 0.931. The van der Waals surface area contributed by atoms with Crippen molar-refractivity contribution in [1.82, 2.24) is 0 Å². The van der Waals surface area contributed by atoms with Gasteiger partial charge in [-0.05, 0) is 18.2 Å². The first-order valence-electron chi connectivity index (χ1n) is 3.74. The average molecular weight is 203 g/mol. The lowest BCUT2D eigenvalue weighted by Crippen LogP contribution is -2.04. The van der Waals surface area contributed by atoms with E-state index < -0.39 is 15.7 Å². The summed E-state index contributed by atoms with van der Waals surface area (Å²) in [6.07, 6.45) is 0. The van der Waals surface area contributed by atoms with Gasteiger partial charge in [0.15, 0.2) is 9.84 Å². The van der Waals surface area contributed by atoms with E-state index in [1.165, 1.54) is 13.0 Å². The van der Waals surface area contributed by atoms with Gasteiger partial charge in [-0.2, -0.15) is 0 Å². The van der Waals surface area contributed by atoms with Crippen LogP contribution in [0.4, 0.5) is 10.1 Å². The molecule has 0 aliphatic rings. The molecule has 0 aromatic heterocycles. The minimum absolute atomic E-state index is 0.0596. The SMILES string of the molecule is CCS(=O)(=O)c1cc(N)cc(F)c1. The Kier molecular flexibility index (Phi) is 2.56. The molecule has 0 saturated heterocycles. The van der Waals surface area contributed by atoms with Gasteiger partial charge in [0.1, 0.15) is 5.82 Å². The Hall–Kier alpha value is -1.10. The van der Waals surface area contributed by atoms with Crippen molar-refractivity contribution in [1.29, 1.82) is 0 Å². The molecule has 2 N–H and O–H groups in total. The third kappa shape index (κ3) is 2.18. The van der Waals surface area contributed by atoms with E-state index in [1.54, 1.807) is 0 Å². The lowest BCUT2D eigenvalue weighted by Gasteiger charge is -2.02. The highest BCUT2D eigenvalue weighted by atomic mass is 32.2. The van der Waals surface area contributed by atoms with Crippen LogP contribution in [0.1, 0.15) is 6.92 Å². The minimum atomic E-state index is -3.36. The van der Waals surface area contributed by atoms with Crippen LogP contribution < -0.4 is 5.73 Å². The molecule has 0 atom stereocenters. The van der Waals surface area contributed by atoms with Crippen molar-refractivity contribution in [3.8, 4) is 0 Å². The summed E-state index contributed by atoms with van der Waals surface area (Å²) in [5.74, 6) is -0.692. The van der Waals surface area contributed by atoms with Crippen LogP contribution in [0.2, 0.25) is 0 Å². The van der Waals surface area contributed by atoms with Crippen molar-refractivity contribution >= 4 is 15.5 Å². The third-order valence-corrected chi connectivity index (χ3v) is 3.35. The largest absolute Gasteiger partial charge is 0.399 e. The van der Waals surface area contributed by atoms with E-state index in [9.17, 15) is 12.8 Å². The van der Waals surface area contributed by atoms with Crippen molar-refractivity contribution in [2.24, 2.45) is 0 Å². The van der Waals surface area contributed by atoms with E-state index in [0.29, 0.717) is 0 Å². The molecule has 0 amide bonds. The average Bonchev–Trinajstić information content (AvgIpc) is 2.02. The molecule has 0 radical (unpaired) electrons. The molecule has 1 aromatic carbocycles. The smallest absolute Gasteiger partial charge is 0.178 e. The van der Waals surface area contributed by atoms with Crippen molar-refractivity contribution in [2.45, 2.75) is 11.8 Å². The van der Waals surface area contributed by atoms with E-state index in [4.69, 9.17) is 5.73 Å². The summed E-state index contributed by atoms with van der Waals surface area (Å²) in [5, 5.41) is 0. The van der Waals surface area contributed by atoms with Gasteiger partial charge in [-0.15, -0.1) is 0 Å². The summed E-state index contributed by atoms with van der Waals surface area (Å²) < 4.78 is 35.3. The number of nitrogen functional groups attached to an aromatic ring is 1. The normalized spacial score (nSPS) is 11.5. The van der Waals surface area contributed by atoms with Gasteiger partial charge < -0.3 is 5.73 Å². The Morgan fingerprint density at radius 1 is 1.38 bits per heavy atom. The Balaban J connectivity index is 3.32. The monoisotopic (exact) mass is 203 g/mol. The van der Waals surface area contributed by atoms with E-state index in [1.807, 2.05) is 0 Å². The minimum Gasteiger partial charge on any atom is -0.399 e. The van der Waals surface area contributed by atoms with Crippen molar-refractivity contribution in [3.63, 3.8) is 0 Å². The van der Waals surface area contributed by atoms with Crippen molar-refractivity contribution in [2.75, 3.05) is 11.5 Å². The number of sulfone groups is 1. The highest BCUT2D eigenvalue weighted by molar-refractivity contribution is 7.91. The van der Waals surface area contributed by atoms with Crippen LogP contribution in [-0.2, 0) is 9.84 Å². The molecule has 1 aromatic rings. The van der Waals surface area contributed by atoms with E-state index in [2.05, 4.69) is 0 Å². The second-order valence-corrected chi connectivity index (χ2v) is 4.90. The maximum absolute atomic E-state index is 12.8. The highest BCUT2D eigenvalue weighted by Gasteiger charge is 2.12. The van der Waals surface area contributed by atoms with E-state index >= 15 is 0 Å². The molecule has 0 fully saturated rings. The Morgan fingerprint density at radius 2 is 2.00 bits per heavy atom. The number of hydrogen-bond donors (Lipinski definition) is 1. The fourth-order valence-corrected chi connectivity index (χ4v) is 1.87. The first kappa shape index (κ1) is 9.98. The molecule has 0 aliphatic carbocycles. The fraction of sp³-hybridized carbons (Fsp3) is 0.250. The molecule has 0 saturated carbocycles. The lowest BCUT2D eigenvalue weighted by atomic mass is 10.3. The number of benzene rings is 1. The first-order valence-corrected chi connectivity index (χ1v) is 5.40. The molecule has 0 bridgehead atoms. The Bertz CT molecular complexity index is 394. The maximum Gasteiger partial charge on any atom is 0.178 e. The summed E-state index contributed by atoms with van der Waals surface area (Å²) >= 11 is 0. The molecule has 1 rings (SSSR count). The zero-order valence-corrected chi connectivity index (χ0v) is 7.94. The molecule has 0 unspecified atom stereocenters.